The summed E-state index contributed by atoms with van der Waals surface area (Å²) in [6.07, 6.45) is 3.41. The van der Waals surface area contributed by atoms with Crippen LogP contribution in [0.4, 0.5) is 0 Å². The van der Waals surface area contributed by atoms with Crippen LogP contribution in [0.15, 0.2) is 11.1 Å². The quantitative estimate of drug-likeness (QED) is 0.515. The summed E-state index contributed by atoms with van der Waals surface area (Å²) in [6, 6.07) is 0. The number of esters is 1. The third-order valence-electron chi connectivity index (χ3n) is 2.92. The molecule has 2 unspecified atom stereocenters. The van der Waals surface area contributed by atoms with E-state index in [0.29, 0.717) is 0 Å². The highest BCUT2D eigenvalue weighted by molar-refractivity contribution is 5.91. The van der Waals surface area contributed by atoms with Crippen molar-refractivity contribution in [2.45, 2.75) is 39.2 Å². The third-order valence-corrected chi connectivity index (χ3v) is 2.92. The van der Waals surface area contributed by atoms with Gasteiger partial charge >= 0.3 is 5.97 Å². The molecule has 0 aromatic carbocycles. The molecule has 1 saturated carbocycles. The Morgan fingerprint density at radius 3 is 2.92 bits per heavy atom. The molecule has 0 bridgehead atoms. The van der Waals surface area contributed by atoms with Crippen LogP contribution >= 0.6 is 0 Å². The highest BCUT2D eigenvalue weighted by Gasteiger charge is 2.34. The molecule has 0 aromatic rings. The van der Waals surface area contributed by atoms with Crippen LogP contribution in [-0.4, -0.2) is 12.1 Å². The number of carbonyl (C=O) groups is 1. The van der Waals surface area contributed by atoms with E-state index in [4.69, 9.17) is 4.74 Å². The summed E-state index contributed by atoms with van der Waals surface area (Å²) in [5, 5.41) is 0. The average molecular weight is 166 g/mol. The molecule has 2 heteroatoms. The Morgan fingerprint density at radius 1 is 1.42 bits per heavy atom. The Hall–Kier alpha value is -0.790. The SMILES string of the molecule is CC1=C2CC(C)CCC2OC1=O. The van der Waals surface area contributed by atoms with Gasteiger partial charge in [0.25, 0.3) is 0 Å². The number of carbonyl (C=O) groups excluding carboxylic acids is 1. The van der Waals surface area contributed by atoms with Gasteiger partial charge in [0.2, 0.25) is 0 Å². The lowest BCUT2D eigenvalue weighted by Crippen LogP contribution is -2.19. The summed E-state index contributed by atoms with van der Waals surface area (Å²) in [4.78, 5) is 11.2. The van der Waals surface area contributed by atoms with Gasteiger partial charge in [0.05, 0.1) is 0 Å². The summed E-state index contributed by atoms with van der Waals surface area (Å²) >= 11 is 0. The van der Waals surface area contributed by atoms with Gasteiger partial charge in [-0.1, -0.05) is 6.92 Å². The minimum absolute atomic E-state index is 0.0934. The van der Waals surface area contributed by atoms with Gasteiger partial charge in [-0.15, -0.1) is 0 Å². The highest BCUT2D eigenvalue weighted by atomic mass is 16.5. The molecule has 1 heterocycles. The monoisotopic (exact) mass is 166 g/mol. The zero-order valence-electron chi connectivity index (χ0n) is 7.59. The lowest BCUT2D eigenvalue weighted by Gasteiger charge is -2.24. The van der Waals surface area contributed by atoms with E-state index >= 15 is 0 Å². The molecule has 2 nitrogen and oxygen atoms in total. The van der Waals surface area contributed by atoms with E-state index in [-0.39, 0.29) is 12.1 Å². The molecule has 0 spiro atoms. The molecule has 1 aliphatic heterocycles. The molecule has 0 amide bonds. The molecule has 2 aliphatic rings. The summed E-state index contributed by atoms with van der Waals surface area (Å²) in [5.74, 6) is 0.629. The second-order valence-corrected chi connectivity index (χ2v) is 3.93. The number of ether oxygens (including phenoxy) is 1. The van der Waals surface area contributed by atoms with Crippen molar-refractivity contribution < 1.29 is 9.53 Å². The smallest absolute Gasteiger partial charge is 0.334 e. The number of rotatable bonds is 0. The fourth-order valence-corrected chi connectivity index (χ4v) is 2.09. The van der Waals surface area contributed by atoms with Gasteiger partial charge < -0.3 is 4.74 Å². The zero-order valence-corrected chi connectivity index (χ0v) is 7.59. The second kappa shape index (κ2) is 2.61. The number of fused-ring (bicyclic) bond motifs is 1. The van der Waals surface area contributed by atoms with Gasteiger partial charge in [-0.3, -0.25) is 0 Å². The first-order valence-electron chi connectivity index (χ1n) is 4.59. The molecule has 2 rings (SSSR count). The average Bonchev–Trinajstić information content (AvgIpc) is 2.31. The van der Waals surface area contributed by atoms with E-state index < -0.39 is 0 Å². The standard InChI is InChI=1S/C10H14O2/c1-6-3-4-9-8(5-6)7(2)10(11)12-9/h6,9H,3-5H2,1-2H3. The van der Waals surface area contributed by atoms with Crippen molar-refractivity contribution in [3.8, 4) is 0 Å². The minimum Gasteiger partial charge on any atom is -0.454 e. The van der Waals surface area contributed by atoms with Gasteiger partial charge in [0.1, 0.15) is 6.10 Å². The topological polar surface area (TPSA) is 26.3 Å². The summed E-state index contributed by atoms with van der Waals surface area (Å²) in [5.41, 5.74) is 2.13. The molecule has 1 fully saturated rings. The van der Waals surface area contributed by atoms with Gasteiger partial charge in [0.15, 0.2) is 0 Å². The molecule has 66 valence electrons. The normalized spacial score (nSPS) is 35.0. The van der Waals surface area contributed by atoms with Crippen LogP contribution in [0.1, 0.15) is 33.1 Å². The van der Waals surface area contributed by atoms with Gasteiger partial charge in [-0.05, 0) is 37.7 Å². The molecule has 2 atom stereocenters. The Bertz CT molecular complexity index is 253. The summed E-state index contributed by atoms with van der Waals surface area (Å²) in [6.45, 7) is 4.12. The summed E-state index contributed by atoms with van der Waals surface area (Å²) in [7, 11) is 0. The molecule has 12 heavy (non-hydrogen) atoms. The molecule has 0 saturated heterocycles. The lowest BCUT2D eigenvalue weighted by atomic mass is 9.84. The molecule has 0 aromatic heterocycles. The first-order chi connectivity index (χ1) is 5.68. The van der Waals surface area contributed by atoms with E-state index in [0.717, 1.165) is 24.3 Å². The van der Waals surface area contributed by atoms with Crippen LogP contribution in [0, 0.1) is 5.92 Å². The maximum Gasteiger partial charge on any atom is 0.334 e. The van der Waals surface area contributed by atoms with Crippen molar-refractivity contribution in [2.24, 2.45) is 5.92 Å². The fraction of sp³-hybridized carbons (Fsp3) is 0.700. The maximum atomic E-state index is 11.2. The first-order valence-corrected chi connectivity index (χ1v) is 4.59. The molecule has 1 aliphatic carbocycles. The Kier molecular flexibility index (Phi) is 1.71. The van der Waals surface area contributed by atoms with Crippen LogP contribution in [0.25, 0.3) is 0 Å². The maximum absolute atomic E-state index is 11.2. The van der Waals surface area contributed by atoms with E-state index in [2.05, 4.69) is 6.92 Å². The molecule has 0 N–H and O–H groups in total. The van der Waals surface area contributed by atoms with E-state index in [1.165, 1.54) is 12.0 Å². The highest BCUT2D eigenvalue weighted by Crippen LogP contribution is 2.36. The number of hydrogen-bond acceptors (Lipinski definition) is 2. The lowest BCUT2D eigenvalue weighted by molar-refractivity contribution is -0.140. The van der Waals surface area contributed by atoms with Crippen molar-refractivity contribution in [2.75, 3.05) is 0 Å². The van der Waals surface area contributed by atoms with Crippen molar-refractivity contribution >= 4 is 5.97 Å². The Morgan fingerprint density at radius 2 is 2.17 bits per heavy atom. The summed E-state index contributed by atoms with van der Waals surface area (Å²) < 4.78 is 5.21. The second-order valence-electron chi connectivity index (χ2n) is 3.93. The van der Waals surface area contributed by atoms with Crippen LogP contribution < -0.4 is 0 Å². The number of hydrogen-bond donors (Lipinski definition) is 0. The van der Waals surface area contributed by atoms with E-state index in [1.54, 1.807) is 0 Å². The predicted molar refractivity (Wildman–Crippen MR) is 45.6 cm³/mol. The van der Waals surface area contributed by atoms with Gasteiger partial charge in [-0.25, -0.2) is 4.79 Å². The van der Waals surface area contributed by atoms with Crippen molar-refractivity contribution in [1.29, 1.82) is 0 Å². The molecular formula is C10H14O2. The van der Waals surface area contributed by atoms with Crippen LogP contribution in [0.2, 0.25) is 0 Å². The molecule has 0 radical (unpaired) electrons. The third kappa shape index (κ3) is 1.06. The largest absolute Gasteiger partial charge is 0.454 e. The minimum atomic E-state index is -0.0934. The van der Waals surface area contributed by atoms with Crippen molar-refractivity contribution in [1.82, 2.24) is 0 Å². The predicted octanol–water partition coefficient (Wildman–Crippen LogP) is 2.05. The first kappa shape index (κ1) is 7.84. The van der Waals surface area contributed by atoms with Crippen molar-refractivity contribution in [3.63, 3.8) is 0 Å². The van der Waals surface area contributed by atoms with Gasteiger partial charge in [-0.2, -0.15) is 0 Å². The zero-order chi connectivity index (χ0) is 8.72. The van der Waals surface area contributed by atoms with Crippen LogP contribution in [0.5, 0.6) is 0 Å². The van der Waals surface area contributed by atoms with Gasteiger partial charge in [0, 0.05) is 5.57 Å². The van der Waals surface area contributed by atoms with Crippen LogP contribution in [-0.2, 0) is 9.53 Å². The van der Waals surface area contributed by atoms with Crippen LogP contribution in [0.3, 0.4) is 0 Å². The van der Waals surface area contributed by atoms with E-state index in [9.17, 15) is 4.79 Å². The fourth-order valence-electron chi connectivity index (χ4n) is 2.09. The van der Waals surface area contributed by atoms with E-state index in [1.807, 2.05) is 6.92 Å². The Balaban J connectivity index is 2.26. The Labute approximate surface area is 72.6 Å². The molecular weight excluding hydrogens is 152 g/mol. The van der Waals surface area contributed by atoms with Crippen molar-refractivity contribution in [3.05, 3.63) is 11.1 Å².